The summed E-state index contributed by atoms with van der Waals surface area (Å²) >= 11 is 0. The summed E-state index contributed by atoms with van der Waals surface area (Å²) < 4.78 is 31.8. The van der Waals surface area contributed by atoms with Gasteiger partial charge in [0.15, 0.2) is 17.3 Å². The van der Waals surface area contributed by atoms with Crippen LogP contribution in [0.2, 0.25) is 0 Å². The zero-order chi connectivity index (χ0) is 19.7. The Morgan fingerprint density at radius 3 is 2.79 bits per heavy atom. The van der Waals surface area contributed by atoms with Gasteiger partial charge in [-0.3, -0.25) is 0 Å². The van der Waals surface area contributed by atoms with Crippen molar-refractivity contribution in [1.82, 2.24) is 24.7 Å². The topological polar surface area (TPSA) is 91.7 Å². The first-order chi connectivity index (χ1) is 13.5. The molecule has 9 heteroatoms. The minimum absolute atomic E-state index is 0.119. The van der Waals surface area contributed by atoms with Crippen LogP contribution in [0.25, 0.3) is 22.3 Å². The van der Waals surface area contributed by atoms with Crippen LogP contribution in [-0.4, -0.2) is 24.7 Å². The van der Waals surface area contributed by atoms with E-state index < -0.39 is 6.55 Å². The van der Waals surface area contributed by atoms with E-state index in [0.29, 0.717) is 27.0 Å². The van der Waals surface area contributed by atoms with Crippen molar-refractivity contribution in [3.8, 4) is 35.1 Å². The number of aromatic nitrogens is 5. The lowest BCUT2D eigenvalue weighted by Gasteiger charge is -2.10. The number of pyridine rings is 1. The number of alkyl halides is 2. The van der Waals surface area contributed by atoms with E-state index >= 15 is 0 Å². The second-order valence-electron chi connectivity index (χ2n) is 5.72. The molecule has 4 rings (SSSR count). The van der Waals surface area contributed by atoms with Crippen molar-refractivity contribution >= 4 is 16.9 Å². The lowest BCUT2D eigenvalue weighted by molar-refractivity contribution is 0.0564. The number of anilines is 1. The molecule has 138 valence electrons. The number of fused-ring (bicyclic) bond motifs is 1. The molecule has 4 aromatic rings. The van der Waals surface area contributed by atoms with Gasteiger partial charge in [0.25, 0.3) is 0 Å². The molecule has 0 saturated carbocycles. The van der Waals surface area contributed by atoms with Crippen molar-refractivity contribution in [2.75, 3.05) is 5.73 Å². The molecular formula is C19H12F2N6O. The van der Waals surface area contributed by atoms with Crippen LogP contribution < -0.4 is 10.5 Å². The molecule has 3 aromatic heterocycles. The molecule has 2 N–H and O–H groups in total. The summed E-state index contributed by atoms with van der Waals surface area (Å²) in [5.74, 6) is 3.11. The molecule has 0 bridgehead atoms. The first kappa shape index (κ1) is 17.4. The number of rotatable bonds is 4. The van der Waals surface area contributed by atoms with Crippen LogP contribution in [0.1, 0.15) is 12.1 Å². The number of benzene rings is 1. The number of hydrogen-bond donors (Lipinski definition) is 1. The molecule has 3 heterocycles. The molecule has 0 aliphatic rings. The van der Waals surface area contributed by atoms with Gasteiger partial charge in [-0.1, -0.05) is 18.1 Å². The van der Waals surface area contributed by atoms with Crippen LogP contribution in [0, 0.1) is 12.3 Å². The first-order valence-electron chi connectivity index (χ1n) is 8.03. The lowest BCUT2D eigenvalue weighted by Crippen LogP contribution is -1.99. The fourth-order valence-electron chi connectivity index (χ4n) is 2.63. The molecule has 0 fully saturated rings. The van der Waals surface area contributed by atoms with Crippen LogP contribution in [0.3, 0.4) is 0 Å². The molecule has 0 aliphatic carbocycles. The molecule has 0 unspecified atom stereocenters. The third-order valence-corrected chi connectivity index (χ3v) is 3.91. The molecule has 1 aromatic carbocycles. The van der Waals surface area contributed by atoms with E-state index in [1.165, 1.54) is 12.5 Å². The highest BCUT2D eigenvalue weighted by Gasteiger charge is 2.15. The van der Waals surface area contributed by atoms with Gasteiger partial charge in [-0.05, 0) is 12.1 Å². The van der Waals surface area contributed by atoms with Crippen LogP contribution in [0.4, 0.5) is 14.6 Å². The predicted molar refractivity (Wildman–Crippen MR) is 98.7 cm³/mol. The number of hydrogen-bond acceptors (Lipinski definition) is 6. The summed E-state index contributed by atoms with van der Waals surface area (Å²) in [7, 11) is 0. The van der Waals surface area contributed by atoms with Crippen molar-refractivity contribution in [2.45, 2.75) is 6.55 Å². The molecule has 0 aliphatic heterocycles. The monoisotopic (exact) mass is 378 g/mol. The Morgan fingerprint density at radius 2 is 2.04 bits per heavy atom. The Kier molecular flexibility index (Phi) is 4.29. The third-order valence-electron chi connectivity index (χ3n) is 3.91. The highest BCUT2D eigenvalue weighted by atomic mass is 19.3. The smallest absolute Gasteiger partial charge is 0.333 e. The molecule has 0 atom stereocenters. The van der Waals surface area contributed by atoms with Gasteiger partial charge in [0.1, 0.15) is 17.4 Å². The maximum absolute atomic E-state index is 12.8. The number of ether oxygens (including phenoxy) is 1. The number of nitrogens with two attached hydrogens (primary N) is 1. The van der Waals surface area contributed by atoms with Crippen LogP contribution >= 0.6 is 0 Å². The second-order valence-corrected chi connectivity index (χ2v) is 5.72. The zero-order valence-corrected chi connectivity index (χ0v) is 14.3. The maximum atomic E-state index is 12.8. The Labute approximate surface area is 157 Å². The van der Waals surface area contributed by atoms with Gasteiger partial charge in [0.2, 0.25) is 0 Å². The van der Waals surface area contributed by atoms with E-state index in [1.807, 2.05) is 6.07 Å². The first-order valence-corrected chi connectivity index (χ1v) is 8.03. The average Bonchev–Trinajstić information content (AvgIpc) is 3.17. The van der Waals surface area contributed by atoms with Crippen LogP contribution in [-0.2, 0) is 0 Å². The molecule has 0 amide bonds. The Balaban J connectivity index is 1.86. The predicted octanol–water partition coefficient (Wildman–Crippen LogP) is 3.64. The van der Waals surface area contributed by atoms with Gasteiger partial charge in [-0.2, -0.15) is 13.9 Å². The van der Waals surface area contributed by atoms with E-state index in [1.54, 1.807) is 24.3 Å². The summed E-state index contributed by atoms with van der Waals surface area (Å²) in [4.78, 5) is 12.6. The molecule has 0 saturated heterocycles. The van der Waals surface area contributed by atoms with Crippen molar-refractivity contribution in [2.24, 2.45) is 0 Å². The van der Waals surface area contributed by atoms with Gasteiger partial charge in [0.05, 0.1) is 18.1 Å². The Bertz CT molecular complexity index is 1210. The van der Waals surface area contributed by atoms with E-state index in [4.69, 9.17) is 16.9 Å². The number of terminal acetylenes is 1. The highest BCUT2D eigenvalue weighted by Crippen LogP contribution is 2.33. The fourth-order valence-corrected chi connectivity index (χ4v) is 2.63. The number of nitrogens with zero attached hydrogens (tertiary/aromatic N) is 5. The third kappa shape index (κ3) is 3.19. The van der Waals surface area contributed by atoms with E-state index in [0.717, 1.165) is 11.8 Å². The zero-order valence-electron chi connectivity index (χ0n) is 14.3. The van der Waals surface area contributed by atoms with Gasteiger partial charge in [0, 0.05) is 17.2 Å². The molecular weight excluding hydrogens is 366 g/mol. The normalized spacial score (nSPS) is 10.9. The quantitative estimate of drug-likeness (QED) is 0.545. The van der Waals surface area contributed by atoms with Crippen molar-refractivity contribution in [1.29, 1.82) is 0 Å². The lowest BCUT2D eigenvalue weighted by atomic mass is 10.1. The number of halogens is 2. The van der Waals surface area contributed by atoms with Crippen LogP contribution in [0.5, 0.6) is 11.5 Å². The van der Waals surface area contributed by atoms with Crippen LogP contribution in [0.15, 0.2) is 49.1 Å². The van der Waals surface area contributed by atoms with Gasteiger partial charge < -0.3 is 10.5 Å². The molecule has 0 spiro atoms. The average molecular weight is 378 g/mol. The standard InChI is InChI=1S/C19H12F2N6O/c1-2-11-4-3-5-12(6-11)14-7-15(16-17(26-14)18(22)24-10-23-16)28-13-8-25-27(9-13)19(20)21/h1,3-10,19H,(H2,22,23,24). The van der Waals surface area contributed by atoms with E-state index in [-0.39, 0.29) is 17.3 Å². The molecule has 28 heavy (non-hydrogen) atoms. The molecule has 7 nitrogen and oxygen atoms in total. The van der Waals surface area contributed by atoms with Gasteiger partial charge >= 0.3 is 6.55 Å². The SMILES string of the molecule is C#Cc1cccc(-c2cc(Oc3cnn(C(F)F)c3)c3ncnc(N)c3n2)c1. The fraction of sp³-hybridized carbons (Fsp3) is 0.0526. The summed E-state index contributed by atoms with van der Waals surface area (Å²) in [6.07, 6.45) is 9.00. The largest absolute Gasteiger partial charge is 0.452 e. The van der Waals surface area contributed by atoms with Crippen molar-refractivity contribution in [3.63, 3.8) is 0 Å². The highest BCUT2D eigenvalue weighted by molar-refractivity contribution is 5.91. The van der Waals surface area contributed by atoms with Gasteiger partial charge in [-0.15, -0.1) is 6.42 Å². The maximum Gasteiger partial charge on any atom is 0.333 e. The van der Waals surface area contributed by atoms with E-state index in [9.17, 15) is 8.78 Å². The van der Waals surface area contributed by atoms with Crippen molar-refractivity contribution in [3.05, 3.63) is 54.6 Å². The Morgan fingerprint density at radius 1 is 1.18 bits per heavy atom. The molecule has 0 radical (unpaired) electrons. The summed E-state index contributed by atoms with van der Waals surface area (Å²) in [5.41, 5.74) is 8.54. The Hall–Kier alpha value is -4.06. The van der Waals surface area contributed by atoms with Crippen molar-refractivity contribution < 1.29 is 13.5 Å². The summed E-state index contributed by atoms with van der Waals surface area (Å²) in [5, 5.41) is 3.56. The van der Waals surface area contributed by atoms with E-state index in [2.05, 4.69) is 26.0 Å². The summed E-state index contributed by atoms with van der Waals surface area (Å²) in [6.45, 7) is -2.77. The second kappa shape index (κ2) is 6.92. The number of nitrogen functional groups attached to an aromatic ring is 1. The minimum Gasteiger partial charge on any atom is -0.452 e. The minimum atomic E-state index is -2.77. The summed E-state index contributed by atoms with van der Waals surface area (Å²) in [6, 6.07) is 8.83. The van der Waals surface area contributed by atoms with Gasteiger partial charge in [-0.25, -0.2) is 19.6 Å².